The molecule has 2 aliphatic heterocycles. The van der Waals surface area contributed by atoms with E-state index in [4.69, 9.17) is 52.2 Å². The smallest absolute Gasteiger partial charge is 0.281 e. The van der Waals surface area contributed by atoms with Crippen LogP contribution in [0.15, 0.2) is 30.1 Å². The zero-order valence-corrected chi connectivity index (χ0v) is 27.6. The molecule has 236 valence electrons. The average Bonchev–Trinajstić information content (AvgIpc) is 3.72. The van der Waals surface area contributed by atoms with Crippen molar-refractivity contribution in [3.63, 3.8) is 0 Å². The van der Waals surface area contributed by atoms with Gasteiger partial charge >= 0.3 is 0 Å². The fraction of sp³-hybridized carbons (Fsp3) is 0.524. The number of fused-ring (bicyclic) bond motifs is 5. The Labute approximate surface area is 268 Å². The number of aliphatic hydroxyl groups is 1. The van der Waals surface area contributed by atoms with Crippen molar-refractivity contribution in [2.24, 2.45) is 7.05 Å². The van der Waals surface area contributed by atoms with Crippen LogP contribution in [-0.2, 0) is 53.5 Å². The molecular weight excluding hydrogens is 700 g/mol. The molecule has 0 radical (unpaired) electrons. The molecule has 16 nitrogen and oxygen atoms in total. The Hall–Kier alpha value is -1.61. The Morgan fingerprint density at radius 2 is 1.68 bits per heavy atom. The number of hydrogen-bond acceptors (Lipinski definition) is 15. The topological polar surface area (TPSA) is 189 Å². The summed E-state index contributed by atoms with van der Waals surface area (Å²) >= 11 is 20.2. The molecule has 3 fully saturated rings. The molecule has 3 N–H and O–H groups in total. The van der Waals surface area contributed by atoms with Gasteiger partial charge in [0.05, 0.1) is 37.7 Å². The summed E-state index contributed by atoms with van der Waals surface area (Å²) in [4.78, 5) is 33.5. The van der Waals surface area contributed by atoms with Crippen LogP contribution in [-0.4, -0.2) is 87.0 Å². The number of aryl methyl sites for hydroxylation is 1. The number of nitrogen functional groups attached to an aromatic ring is 1. The van der Waals surface area contributed by atoms with E-state index in [1.54, 1.807) is 11.6 Å². The molecule has 1 aliphatic carbocycles. The Kier molecular flexibility index (Phi) is 7.95. The van der Waals surface area contributed by atoms with Crippen molar-refractivity contribution in [3.05, 3.63) is 35.7 Å². The fourth-order valence-corrected chi connectivity index (χ4v) is 10.1. The summed E-state index contributed by atoms with van der Waals surface area (Å²) in [6.07, 6.45) is -3.36. The maximum Gasteiger partial charge on any atom is 0.281 e. The molecule has 3 aliphatic rings. The molecular formula is C21H24FN9O7P2S4. The van der Waals surface area contributed by atoms with Crippen LogP contribution in [0.3, 0.4) is 0 Å². The predicted molar refractivity (Wildman–Crippen MR) is 168 cm³/mol. The van der Waals surface area contributed by atoms with Gasteiger partial charge in [0, 0.05) is 13.5 Å². The fourth-order valence-electron chi connectivity index (χ4n) is 5.63. The van der Waals surface area contributed by atoms with E-state index in [0.717, 1.165) is 0 Å². The number of ether oxygens (including phenoxy) is 1. The molecule has 44 heavy (non-hydrogen) atoms. The van der Waals surface area contributed by atoms with Crippen LogP contribution < -0.4 is 11.3 Å². The van der Waals surface area contributed by atoms with Crippen LogP contribution in [0, 0.1) is 0 Å². The third-order valence-electron chi connectivity index (χ3n) is 7.68. The number of aromatic nitrogens is 8. The first-order valence-corrected chi connectivity index (χ1v) is 20.6. The first-order chi connectivity index (χ1) is 20.8. The van der Waals surface area contributed by atoms with Crippen molar-refractivity contribution < 1.29 is 32.3 Å². The van der Waals surface area contributed by atoms with Crippen molar-refractivity contribution in [2.75, 3.05) is 12.3 Å². The Morgan fingerprint density at radius 3 is 2.48 bits per heavy atom. The van der Waals surface area contributed by atoms with Gasteiger partial charge in [0.25, 0.3) is 5.56 Å². The van der Waals surface area contributed by atoms with Gasteiger partial charge in [-0.1, -0.05) is 24.5 Å². The molecule has 0 amide bonds. The number of rotatable bonds is 2. The van der Waals surface area contributed by atoms with E-state index in [1.807, 2.05) is 0 Å². The minimum absolute atomic E-state index is 0.105. The number of hydrogen-bond donors (Lipinski definition) is 4. The lowest BCUT2D eigenvalue weighted by Gasteiger charge is -2.32. The molecule has 0 aromatic carbocycles. The van der Waals surface area contributed by atoms with Gasteiger partial charge in [0.2, 0.25) is 11.4 Å². The highest BCUT2D eigenvalue weighted by Crippen LogP contribution is 2.63. The van der Waals surface area contributed by atoms with E-state index < -0.39 is 60.3 Å². The van der Waals surface area contributed by atoms with Crippen molar-refractivity contribution in [1.29, 1.82) is 0 Å². The molecule has 23 heteroatoms. The van der Waals surface area contributed by atoms with Gasteiger partial charge < -0.3 is 42.8 Å². The van der Waals surface area contributed by atoms with E-state index in [2.05, 4.69) is 49.4 Å². The van der Waals surface area contributed by atoms with E-state index >= 15 is 4.39 Å². The van der Waals surface area contributed by atoms with E-state index in [-0.39, 0.29) is 46.7 Å². The Bertz CT molecular complexity index is 1930. The van der Waals surface area contributed by atoms with Crippen LogP contribution in [0.5, 0.6) is 0 Å². The quantitative estimate of drug-likeness (QED) is 0.172. The second kappa shape index (κ2) is 11.3. The van der Waals surface area contributed by atoms with Gasteiger partial charge in [0.15, 0.2) is 35.0 Å². The van der Waals surface area contributed by atoms with Crippen molar-refractivity contribution in [2.45, 2.75) is 55.4 Å². The largest absolute Gasteiger partial charge is 0.388 e. The first-order valence-electron chi connectivity index (χ1n) is 13.0. The normalized spacial score (nSPS) is 38.0. The zero-order chi connectivity index (χ0) is 31.1. The summed E-state index contributed by atoms with van der Waals surface area (Å²) in [5.74, 6) is 0.120. The number of halogens is 1. The summed E-state index contributed by atoms with van der Waals surface area (Å²) in [6.45, 7) is -0.308. The third kappa shape index (κ3) is 5.33. The number of alkyl halides is 1. The van der Waals surface area contributed by atoms with Gasteiger partial charge in [-0.3, -0.25) is 9.36 Å². The zero-order valence-electron chi connectivity index (χ0n) is 22.4. The van der Waals surface area contributed by atoms with Crippen molar-refractivity contribution in [1.82, 2.24) is 38.6 Å². The lowest BCUT2D eigenvalue weighted by atomic mass is 10.1. The van der Waals surface area contributed by atoms with Gasteiger partial charge in [-0.25, -0.2) is 29.3 Å². The summed E-state index contributed by atoms with van der Waals surface area (Å²) in [5.41, 5.74) is -0.510. The van der Waals surface area contributed by atoms with E-state index in [9.17, 15) is 9.90 Å². The number of nitrogens with two attached hydrogens (primary N) is 1. The van der Waals surface area contributed by atoms with Crippen LogP contribution in [0.2, 0.25) is 0 Å². The molecule has 4 aromatic heterocycles. The highest BCUT2D eigenvalue weighted by molar-refractivity contribution is 8.60. The number of imidazole rings is 2. The van der Waals surface area contributed by atoms with Gasteiger partial charge in [-0.05, 0) is 23.6 Å². The molecule has 0 spiro atoms. The number of thiol groups is 2. The van der Waals surface area contributed by atoms with Crippen molar-refractivity contribution >= 4 is 87.6 Å². The Balaban J connectivity index is 1.22. The van der Waals surface area contributed by atoms with Crippen LogP contribution >= 0.6 is 35.9 Å². The van der Waals surface area contributed by atoms with Crippen LogP contribution in [0.4, 0.5) is 10.2 Å². The SMILES string of the molecule is Cn1cnc2c(ncn2[C@@H]2C[C@@H]3OP(=S)(S)O[C@H]4[C@@H](F)[C@H](n5cnc6c(N)ncnc65)O[C@@H]4COP(=S)(S)O[C@@H]2[C@@H]3O)c1=O. The summed E-state index contributed by atoms with van der Waals surface area (Å²) in [5, 5.41) is 11.4. The Morgan fingerprint density at radius 1 is 0.977 bits per heavy atom. The highest BCUT2D eigenvalue weighted by Gasteiger charge is 2.53. The minimum atomic E-state index is -3.55. The van der Waals surface area contributed by atoms with E-state index in [1.165, 1.54) is 34.4 Å². The lowest BCUT2D eigenvalue weighted by molar-refractivity contribution is -0.0467. The minimum Gasteiger partial charge on any atom is -0.388 e. The molecule has 4 aromatic rings. The second-order valence-electron chi connectivity index (χ2n) is 10.4. The molecule has 1 saturated carbocycles. The van der Waals surface area contributed by atoms with Gasteiger partial charge in [-0.15, -0.1) is 0 Å². The lowest BCUT2D eigenvalue weighted by Crippen LogP contribution is -2.37. The predicted octanol–water partition coefficient (Wildman–Crippen LogP) is 1.59. The number of anilines is 1. The molecule has 2 bridgehead atoms. The second-order valence-corrected chi connectivity index (χ2v) is 20.8. The van der Waals surface area contributed by atoms with Crippen molar-refractivity contribution in [3.8, 4) is 0 Å². The molecule has 10 atom stereocenters. The third-order valence-corrected chi connectivity index (χ3v) is 12.0. The molecule has 6 heterocycles. The number of aliphatic hydroxyl groups excluding tert-OH is 1. The highest BCUT2D eigenvalue weighted by atomic mass is 32.9. The van der Waals surface area contributed by atoms with Gasteiger partial charge in [0.1, 0.15) is 36.3 Å². The van der Waals surface area contributed by atoms with Crippen LogP contribution in [0.1, 0.15) is 18.7 Å². The molecule has 2 unspecified atom stereocenters. The monoisotopic (exact) mass is 723 g/mol. The van der Waals surface area contributed by atoms with Crippen LogP contribution in [0.25, 0.3) is 22.3 Å². The standard InChI is InChI=1S/C21H24FN9O7P2S4/c1-29-5-28-19-13(20(29)33)27-6-30(19)8-2-9-14(32)15(8)37-39(41,42)34-3-10-16(38-40(43,44)36-9)11(22)21(35-10)31-7-26-12-17(23)24-4-25-18(12)31/h4-11,14-16,21,32H,2-3H2,1H3,(H,41,42)(H,43,44)(H2,23,24,25)/t8-,9+,10-,11-,14-,15+,16-,21-/m1/s1. The summed E-state index contributed by atoms with van der Waals surface area (Å²) in [6, 6.07) is -0.681. The maximum atomic E-state index is 16.2. The first kappa shape index (κ1) is 31.0. The van der Waals surface area contributed by atoms with Gasteiger partial charge in [-0.2, -0.15) is 0 Å². The number of nitrogens with zero attached hydrogens (tertiary/aromatic N) is 8. The molecule has 7 rings (SSSR count). The summed E-state index contributed by atoms with van der Waals surface area (Å²) in [7, 11) is 1.56. The van der Waals surface area contributed by atoms with E-state index in [0.29, 0.717) is 0 Å². The average molecular weight is 724 g/mol. The molecule has 2 saturated heterocycles. The summed E-state index contributed by atoms with van der Waals surface area (Å²) < 4.78 is 50.7. The maximum absolute atomic E-state index is 16.2.